The van der Waals surface area contributed by atoms with Crippen molar-refractivity contribution in [1.29, 1.82) is 0 Å². The van der Waals surface area contributed by atoms with Crippen LogP contribution in [0.2, 0.25) is 5.02 Å². The van der Waals surface area contributed by atoms with E-state index < -0.39 is 10.0 Å². The molecule has 202 valence electrons. The summed E-state index contributed by atoms with van der Waals surface area (Å²) in [7, 11) is -3.70. The Labute approximate surface area is 232 Å². The van der Waals surface area contributed by atoms with Crippen molar-refractivity contribution in [2.75, 3.05) is 24.5 Å². The Bertz CT molecular complexity index is 1470. The maximum atomic E-state index is 13.7. The van der Waals surface area contributed by atoms with Gasteiger partial charge in [0.1, 0.15) is 5.52 Å². The number of carbonyl (C=O) groups is 1. The van der Waals surface area contributed by atoms with Crippen molar-refractivity contribution in [1.82, 2.24) is 19.1 Å². The van der Waals surface area contributed by atoms with E-state index in [9.17, 15) is 13.2 Å². The second-order valence-corrected chi connectivity index (χ2v) is 13.3. The lowest BCUT2D eigenvalue weighted by atomic mass is 10.2. The largest absolute Gasteiger partial charge is 0.282 e. The van der Waals surface area contributed by atoms with Gasteiger partial charge in [0.15, 0.2) is 5.13 Å². The number of sulfonamides is 1. The maximum absolute atomic E-state index is 13.7. The highest BCUT2D eigenvalue weighted by atomic mass is 35.5. The summed E-state index contributed by atoms with van der Waals surface area (Å²) >= 11 is 7.72. The maximum Gasteiger partial charge on any atom is 0.260 e. The topological polar surface area (TPSA) is 88.4 Å². The summed E-state index contributed by atoms with van der Waals surface area (Å²) in [5.41, 5.74) is 1.01. The average molecular weight is 574 g/mol. The Morgan fingerprint density at radius 2 is 1.71 bits per heavy atom. The summed E-state index contributed by atoms with van der Waals surface area (Å²) in [6.07, 6.45) is 3.52. The molecule has 0 spiro atoms. The van der Waals surface area contributed by atoms with Gasteiger partial charge in [-0.15, -0.1) is 0 Å². The number of amides is 1. The summed E-state index contributed by atoms with van der Waals surface area (Å²) in [5, 5.41) is 5.27. The van der Waals surface area contributed by atoms with E-state index in [4.69, 9.17) is 11.6 Å². The molecule has 0 aliphatic rings. The molecule has 4 rings (SSSR count). The van der Waals surface area contributed by atoms with Crippen LogP contribution in [0.25, 0.3) is 10.2 Å². The fourth-order valence-corrected chi connectivity index (χ4v) is 7.15. The Hall–Kier alpha value is -2.79. The van der Waals surface area contributed by atoms with E-state index in [0.717, 1.165) is 4.70 Å². The van der Waals surface area contributed by atoms with E-state index in [1.54, 1.807) is 34.0 Å². The number of aromatic nitrogens is 3. The Morgan fingerprint density at radius 3 is 2.29 bits per heavy atom. The van der Waals surface area contributed by atoms with Crippen molar-refractivity contribution in [2.24, 2.45) is 11.8 Å². The van der Waals surface area contributed by atoms with E-state index in [1.807, 2.05) is 52.1 Å². The number of halogens is 1. The van der Waals surface area contributed by atoms with Crippen LogP contribution in [0.3, 0.4) is 0 Å². The fourth-order valence-electron chi connectivity index (χ4n) is 4.10. The van der Waals surface area contributed by atoms with Crippen molar-refractivity contribution < 1.29 is 13.2 Å². The lowest BCUT2D eigenvalue weighted by molar-refractivity contribution is 0.0985. The normalized spacial score (nSPS) is 12.2. The zero-order valence-corrected chi connectivity index (χ0v) is 24.3. The molecule has 1 amide bonds. The molecule has 0 bridgehead atoms. The molecular weight excluding hydrogens is 542 g/mol. The van der Waals surface area contributed by atoms with Crippen molar-refractivity contribution in [2.45, 2.75) is 39.1 Å². The van der Waals surface area contributed by atoms with Crippen molar-refractivity contribution >= 4 is 54.2 Å². The van der Waals surface area contributed by atoms with Gasteiger partial charge in [-0.05, 0) is 54.3 Å². The van der Waals surface area contributed by atoms with Gasteiger partial charge in [-0.1, -0.05) is 56.7 Å². The highest BCUT2D eigenvalue weighted by Gasteiger charge is 2.27. The van der Waals surface area contributed by atoms with Crippen molar-refractivity contribution in [3.05, 3.63) is 71.5 Å². The molecule has 2 aromatic carbocycles. The number of hydrogen-bond donors (Lipinski definition) is 0. The van der Waals surface area contributed by atoms with E-state index in [1.165, 1.54) is 27.8 Å². The smallest absolute Gasteiger partial charge is 0.260 e. The van der Waals surface area contributed by atoms with Gasteiger partial charge in [0.05, 0.1) is 21.2 Å². The van der Waals surface area contributed by atoms with Crippen LogP contribution in [0.1, 0.15) is 38.1 Å². The number of carbonyl (C=O) groups excluding carboxylic acids is 1. The quantitative estimate of drug-likeness (QED) is 0.226. The predicted molar refractivity (Wildman–Crippen MR) is 153 cm³/mol. The van der Waals surface area contributed by atoms with Gasteiger partial charge in [0.2, 0.25) is 10.0 Å². The Kier molecular flexibility index (Phi) is 8.87. The molecule has 0 unspecified atom stereocenters. The molecule has 0 radical (unpaired) electrons. The van der Waals surface area contributed by atoms with E-state index in [0.29, 0.717) is 47.4 Å². The Morgan fingerprint density at radius 1 is 1.03 bits per heavy atom. The molecule has 2 aromatic heterocycles. The van der Waals surface area contributed by atoms with Gasteiger partial charge in [0, 0.05) is 37.6 Å². The first-order valence-corrected chi connectivity index (χ1v) is 15.1. The standard InChI is InChI=1S/C27H32ClN5O3S2/c1-19(2)17-32(18-20(3)4)38(35,36)22-11-9-21(10-12-22)26(34)33(16-15-31-14-6-13-29-31)27-30-25-23(28)7-5-8-24(25)37-27/h5-14,19-20H,15-18H2,1-4H3. The van der Waals surface area contributed by atoms with Crippen molar-refractivity contribution in [3.8, 4) is 0 Å². The lowest BCUT2D eigenvalue weighted by Gasteiger charge is -2.26. The highest BCUT2D eigenvalue weighted by Crippen LogP contribution is 2.33. The molecule has 0 atom stereocenters. The van der Waals surface area contributed by atoms with Gasteiger partial charge < -0.3 is 0 Å². The Balaban J connectivity index is 1.64. The first-order chi connectivity index (χ1) is 18.1. The third kappa shape index (κ3) is 6.43. The second-order valence-electron chi connectivity index (χ2n) is 9.94. The van der Waals surface area contributed by atoms with Gasteiger partial charge >= 0.3 is 0 Å². The number of benzene rings is 2. The second kappa shape index (κ2) is 11.9. The minimum absolute atomic E-state index is 0.171. The highest BCUT2D eigenvalue weighted by molar-refractivity contribution is 7.89. The number of anilines is 1. The number of nitrogens with zero attached hydrogens (tertiary/aromatic N) is 5. The SMILES string of the molecule is CC(C)CN(CC(C)C)S(=O)(=O)c1ccc(C(=O)N(CCn2cccn2)c2nc3c(Cl)cccc3s2)cc1. The van der Waals surface area contributed by atoms with Crippen LogP contribution in [0, 0.1) is 11.8 Å². The van der Waals surface area contributed by atoms with Crippen LogP contribution in [0.4, 0.5) is 5.13 Å². The third-order valence-corrected chi connectivity index (χ3v) is 9.02. The summed E-state index contributed by atoms with van der Waals surface area (Å²) < 4.78 is 31.0. The number of para-hydroxylation sites is 1. The monoisotopic (exact) mass is 573 g/mol. The average Bonchev–Trinajstić information content (AvgIpc) is 3.54. The van der Waals surface area contributed by atoms with E-state index in [-0.39, 0.29) is 22.6 Å². The molecule has 11 heteroatoms. The summed E-state index contributed by atoms with van der Waals surface area (Å²) in [6, 6.07) is 13.5. The zero-order valence-electron chi connectivity index (χ0n) is 21.9. The van der Waals surface area contributed by atoms with Gasteiger partial charge in [-0.3, -0.25) is 14.4 Å². The van der Waals surface area contributed by atoms with Crippen LogP contribution in [0.15, 0.2) is 65.8 Å². The van der Waals surface area contributed by atoms with Crippen LogP contribution in [0.5, 0.6) is 0 Å². The van der Waals surface area contributed by atoms with Gasteiger partial charge in [-0.2, -0.15) is 9.40 Å². The number of rotatable bonds is 11. The van der Waals surface area contributed by atoms with E-state index >= 15 is 0 Å². The van der Waals surface area contributed by atoms with Crippen LogP contribution >= 0.6 is 22.9 Å². The molecule has 0 aliphatic carbocycles. The number of fused-ring (bicyclic) bond motifs is 1. The lowest BCUT2D eigenvalue weighted by Crippen LogP contribution is -2.37. The summed E-state index contributed by atoms with van der Waals surface area (Å²) in [4.78, 5) is 20.1. The third-order valence-electron chi connectivity index (χ3n) is 5.82. The minimum atomic E-state index is -3.70. The van der Waals surface area contributed by atoms with Crippen LogP contribution in [-0.2, 0) is 16.6 Å². The molecule has 0 saturated heterocycles. The molecule has 0 saturated carbocycles. The van der Waals surface area contributed by atoms with Gasteiger partial charge in [0.25, 0.3) is 5.91 Å². The summed E-state index contributed by atoms with van der Waals surface area (Å²) in [6.45, 7) is 9.65. The minimum Gasteiger partial charge on any atom is -0.282 e. The van der Waals surface area contributed by atoms with Crippen molar-refractivity contribution in [3.63, 3.8) is 0 Å². The zero-order chi connectivity index (χ0) is 27.4. The van der Waals surface area contributed by atoms with Gasteiger partial charge in [-0.25, -0.2) is 13.4 Å². The fraction of sp³-hybridized carbons (Fsp3) is 0.370. The molecule has 0 N–H and O–H groups in total. The molecule has 4 aromatic rings. The molecule has 38 heavy (non-hydrogen) atoms. The first-order valence-electron chi connectivity index (χ1n) is 12.5. The molecule has 8 nitrogen and oxygen atoms in total. The molecule has 0 fully saturated rings. The molecule has 0 aliphatic heterocycles. The van der Waals surface area contributed by atoms with Crippen LogP contribution in [-0.4, -0.2) is 53.0 Å². The molecular formula is C27H32ClN5O3S2. The first kappa shape index (κ1) is 28.2. The number of hydrogen-bond acceptors (Lipinski definition) is 6. The predicted octanol–water partition coefficient (Wildman–Crippen LogP) is 5.80. The molecule has 2 heterocycles. The summed E-state index contributed by atoms with van der Waals surface area (Å²) in [5.74, 6) is 0.0996. The van der Waals surface area contributed by atoms with E-state index in [2.05, 4.69) is 10.1 Å². The van der Waals surface area contributed by atoms with Crippen LogP contribution < -0.4 is 4.90 Å². The number of thiazole rings is 1.